The first-order valence-corrected chi connectivity index (χ1v) is 3.36. The van der Waals surface area contributed by atoms with Crippen molar-refractivity contribution in [2.24, 2.45) is 0 Å². The van der Waals surface area contributed by atoms with Gasteiger partial charge < -0.3 is 4.74 Å². The Balaban J connectivity index is 0. The average Bonchev–Trinajstić information content (AvgIpc) is 2.05. The van der Waals surface area contributed by atoms with Crippen molar-refractivity contribution in [2.45, 2.75) is 6.42 Å². The fourth-order valence-electron chi connectivity index (χ4n) is 1.08. The van der Waals surface area contributed by atoms with Crippen LogP contribution in [-0.2, 0) is 57.3 Å². The predicted molar refractivity (Wildman–Crippen MR) is 39.9 cm³/mol. The largest absolute Gasteiger partial charge is 0.465 e. The van der Waals surface area contributed by atoms with E-state index in [-0.39, 0.29) is 50.9 Å². The zero-order valence-corrected chi connectivity index (χ0v) is 9.97. The van der Waals surface area contributed by atoms with E-state index in [2.05, 4.69) is 6.07 Å². The molecule has 1 aromatic rings. The van der Waals surface area contributed by atoms with E-state index in [4.69, 9.17) is 4.74 Å². The van der Waals surface area contributed by atoms with Crippen LogP contribution >= 0.6 is 0 Å². The minimum atomic E-state index is 0. The van der Waals surface area contributed by atoms with E-state index in [1.165, 1.54) is 5.56 Å². The topological polar surface area (TPSA) is 9.23 Å². The molecule has 1 aromatic carbocycles. The summed E-state index contributed by atoms with van der Waals surface area (Å²) in [5.74, 6) is 0.991. The number of benzene rings is 1. The van der Waals surface area contributed by atoms with Crippen LogP contribution in [0.3, 0.4) is 0 Å². The molecule has 0 aliphatic carbocycles. The van der Waals surface area contributed by atoms with Crippen LogP contribution in [-0.4, -0.2) is 0 Å². The molecule has 1 aliphatic rings. The minimum absolute atomic E-state index is 0. The monoisotopic (exact) mass is 302 g/mol. The smallest absolute Gasteiger partial charge is 0.130 e. The van der Waals surface area contributed by atoms with E-state index in [1.807, 2.05) is 24.3 Å². The zero-order chi connectivity index (χ0) is 6.81. The normalized spacial score (nSPS) is 10.8. The molecule has 0 bridgehead atoms. The molecule has 0 unspecified atom stereocenters. The van der Waals surface area contributed by atoms with Crippen molar-refractivity contribution in [3.05, 3.63) is 42.2 Å². The maximum absolute atomic E-state index is 5.24. The van der Waals surface area contributed by atoms with E-state index in [1.54, 1.807) is 6.26 Å². The molecule has 1 heterocycles. The van der Waals surface area contributed by atoms with Gasteiger partial charge in [0.05, 0.1) is 6.26 Å². The minimum Gasteiger partial charge on any atom is -0.465 e. The quantitative estimate of drug-likeness (QED) is 0.667. The molecule has 2 radical (unpaired) electrons. The van der Waals surface area contributed by atoms with E-state index >= 15 is 0 Å². The van der Waals surface area contributed by atoms with Crippen LogP contribution in [0.15, 0.2) is 36.6 Å². The van der Waals surface area contributed by atoms with Gasteiger partial charge in [0.2, 0.25) is 0 Å². The third kappa shape index (κ3) is 3.90. The number of hydrogen-bond acceptors (Lipinski definition) is 1. The Morgan fingerprint density at radius 2 is 1.85 bits per heavy atom. The van der Waals surface area contributed by atoms with Gasteiger partial charge in [-0.3, -0.25) is 0 Å². The Bertz CT molecular complexity index is 251. The van der Waals surface area contributed by atoms with Gasteiger partial charge >= 0.3 is 0 Å². The molecule has 4 heteroatoms. The number of hydrogen-bond donors (Lipinski definition) is 0. The summed E-state index contributed by atoms with van der Waals surface area (Å²) in [7, 11) is 0. The van der Waals surface area contributed by atoms with Crippen molar-refractivity contribution < 1.29 is 55.7 Å². The summed E-state index contributed by atoms with van der Waals surface area (Å²) in [5.41, 5.74) is 1.27. The molecule has 0 N–H and O–H groups in total. The molecule has 0 atom stereocenters. The third-order valence-corrected chi connectivity index (χ3v) is 1.60. The van der Waals surface area contributed by atoms with Crippen LogP contribution in [0.2, 0.25) is 0 Å². The molecule has 0 amide bonds. The molecule has 0 saturated carbocycles. The second-order valence-corrected chi connectivity index (χ2v) is 2.30. The van der Waals surface area contributed by atoms with E-state index in [9.17, 15) is 0 Å². The van der Waals surface area contributed by atoms with Crippen LogP contribution in [0.5, 0.6) is 5.75 Å². The van der Waals surface area contributed by atoms with Crippen molar-refractivity contribution in [1.29, 1.82) is 0 Å². The maximum atomic E-state index is 5.24. The van der Waals surface area contributed by atoms with Gasteiger partial charge in [-0.1, -0.05) is 18.2 Å². The van der Waals surface area contributed by atoms with Crippen LogP contribution in [0.25, 0.3) is 0 Å². The van der Waals surface area contributed by atoms with Gasteiger partial charge in [0.1, 0.15) is 5.75 Å². The summed E-state index contributed by atoms with van der Waals surface area (Å²) in [6, 6.07) is 8.08. The van der Waals surface area contributed by atoms with Crippen molar-refractivity contribution in [1.82, 2.24) is 0 Å². The Hall–Kier alpha value is 0.305. The molecular formula is C9H8CoFeMnO. The summed E-state index contributed by atoms with van der Waals surface area (Å²) in [6.07, 6.45) is 4.75. The molecule has 0 aromatic heterocycles. The van der Waals surface area contributed by atoms with Crippen molar-refractivity contribution in [3.8, 4) is 5.75 Å². The molecule has 13 heavy (non-hydrogen) atoms. The zero-order valence-electron chi connectivity index (χ0n) is 6.64. The van der Waals surface area contributed by atoms with E-state index in [0.717, 1.165) is 12.2 Å². The fraction of sp³-hybridized carbons (Fsp3) is 0.111. The number of ether oxygens (including phenoxy) is 1. The van der Waals surface area contributed by atoms with Crippen molar-refractivity contribution >= 4 is 0 Å². The van der Waals surface area contributed by atoms with Crippen LogP contribution in [0.1, 0.15) is 5.56 Å². The van der Waals surface area contributed by atoms with Crippen LogP contribution < -0.4 is 4.74 Å². The van der Waals surface area contributed by atoms with Gasteiger partial charge in [-0.2, -0.15) is 0 Å². The number of rotatable bonds is 0. The molecule has 0 saturated heterocycles. The molecule has 1 nitrogen and oxygen atoms in total. The maximum Gasteiger partial charge on any atom is 0.130 e. The van der Waals surface area contributed by atoms with Gasteiger partial charge in [-0.15, -0.1) is 0 Å². The number of fused-ring (bicyclic) bond motifs is 1. The third-order valence-electron chi connectivity index (χ3n) is 1.60. The molecule has 1 aliphatic heterocycles. The standard InChI is InChI=1S/C9H8O.Co.Fe.Mn/c1-2-6-9-8(4-1)5-3-7-10-9;;;/h1-4,6-7H,5H2;;;. The SMILES string of the molecule is C1=COc2ccccc2C1.[Co].[Fe].[Mn]. The summed E-state index contributed by atoms with van der Waals surface area (Å²) >= 11 is 0. The first-order valence-electron chi connectivity index (χ1n) is 3.36. The van der Waals surface area contributed by atoms with Crippen molar-refractivity contribution in [3.63, 3.8) is 0 Å². The van der Waals surface area contributed by atoms with Gasteiger partial charge in [0, 0.05) is 50.9 Å². The van der Waals surface area contributed by atoms with E-state index in [0.29, 0.717) is 0 Å². The van der Waals surface area contributed by atoms with Crippen molar-refractivity contribution in [2.75, 3.05) is 0 Å². The summed E-state index contributed by atoms with van der Waals surface area (Å²) in [4.78, 5) is 0. The Morgan fingerprint density at radius 3 is 2.54 bits per heavy atom. The summed E-state index contributed by atoms with van der Waals surface area (Å²) < 4.78 is 5.24. The molecule has 74 valence electrons. The first-order chi connectivity index (χ1) is 4.97. The van der Waals surface area contributed by atoms with Gasteiger partial charge in [0.25, 0.3) is 0 Å². The number of para-hydroxylation sites is 1. The van der Waals surface area contributed by atoms with Crippen LogP contribution in [0.4, 0.5) is 0 Å². The average molecular weight is 302 g/mol. The number of allylic oxidation sites excluding steroid dienone is 1. The predicted octanol–water partition coefficient (Wildman–Crippen LogP) is 2.13. The first kappa shape index (κ1) is 15.8. The Morgan fingerprint density at radius 1 is 1.15 bits per heavy atom. The van der Waals surface area contributed by atoms with Gasteiger partial charge in [-0.05, 0) is 24.1 Å². The Labute approximate surface area is 109 Å². The second-order valence-electron chi connectivity index (χ2n) is 2.30. The Kier molecular flexibility index (Phi) is 9.32. The molecular weight excluding hydrogens is 294 g/mol. The van der Waals surface area contributed by atoms with Gasteiger partial charge in [0.15, 0.2) is 0 Å². The van der Waals surface area contributed by atoms with Crippen LogP contribution in [0, 0.1) is 0 Å². The fourth-order valence-corrected chi connectivity index (χ4v) is 1.08. The second kappa shape index (κ2) is 7.69. The molecule has 0 fully saturated rings. The summed E-state index contributed by atoms with van der Waals surface area (Å²) in [5, 5.41) is 0. The van der Waals surface area contributed by atoms with E-state index < -0.39 is 0 Å². The molecule has 2 rings (SSSR count). The van der Waals surface area contributed by atoms with Gasteiger partial charge in [-0.25, -0.2) is 0 Å². The molecule has 0 spiro atoms. The summed E-state index contributed by atoms with van der Waals surface area (Å²) in [6.45, 7) is 0.